The molecule has 0 aliphatic carbocycles. The Balaban J connectivity index is 2.55. The highest BCUT2D eigenvalue weighted by atomic mass is 15.2. The van der Waals surface area contributed by atoms with E-state index >= 15 is 0 Å². The van der Waals surface area contributed by atoms with Gasteiger partial charge in [0.25, 0.3) is 0 Å². The van der Waals surface area contributed by atoms with Crippen LogP contribution < -0.4 is 9.80 Å². The van der Waals surface area contributed by atoms with Gasteiger partial charge in [0.15, 0.2) is 0 Å². The lowest BCUT2D eigenvalue weighted by Gasteiger charge is -2.37. The lowest BCUT2D eigenvalue weighted by molar-refractivity contribution is -0.950. The minimum Gasteiger partial charge on any atom is -0.337 e. The van der Waals surface area contributed by atoms with E-state index in [1.165, 1.54) is 13.0 Å². The zero-order valence-corrected chi connectivity index (χ0v) is 9.15. The molecule has 0 aromatic rings. The third-order valence-corrected chi connectivity index (χ3v) is 3.52. The Hall–Kier alpha value is -0.0800. The number of likely N-dealkylation sites (tertiary alicyclic amines) is 1. The van der Waals surface area contributed by atoms with Crippen LogP contribution in [0, 0.1) is 5.92 Å². The van der Waals surface area contributed by atoms with E-state index in [9.17, 15) is 0 Å². The van der Waals surface area contributed by atoms with Crippen LogP contribution in [0.15, 0.2) is 0 Å². The van der Waals surface area contributed by atoms with Crippen molar-refractivity contribution in [3.8, 4) is 0 Å². The van der Waals surface area contributed by atoms with Gasteiger partial charge in [0, 0.05) is 0 Å². The summed E-state index contributed by atoms with van der Waals surface area (Å²) in [7, 11) is 6.89. The molecule has 2 nitrogen and oxygen atoms in total. The minimum atomic E-state index is 0.848. The van der Waals surface area contributed by atoms with E-state index in [0.717, 1.165) is 18.0 Å². The summed E-state index contributed by atoms with van der Waals surface area (Å²) in [5.74, 6) is 0.881. The standard InChI is InChI=1S/C10H22N2/c1-8-7-12(5)9(2)6-10(8)11(3)4/h8-10H,6-7H2,1-5H3/p+2. The SMILES string of the molecule is CC1C[NH+](C)C(C)CC1[NH+](C)C. The molecule has 72 valence electrons. The van der Waals surface area contributed by atoms with Crippen molar-refractivity contribution in [1.29, 1.82) is 0 Å². The number of hydrogen-bond donors (Lipinski definition) is 2. The van der Waals surface area contributed by atoms with Gasteiger partial charge in [0.2, 0.25) is 0 Å². The minimum absolute atomic E-state index is 0.848. The van der Waals surface area contributed by atoms with Gasteiger partial charge >= 0.3 is 0 Å². The summed E-state index contributed by atoms with van der Waals surface area (Å²) in [4.78, 5) is 3.34. The maximum absolute atomic E-state index is 2.40. The van der Waals surface area contributed by atoms with Crippen LogP contribution in [-0.2, 0) is 0 Å². The van der Waals surface area contributed by atoms with Crippen molar-refractivity contribution in [2.75, 3.05) is 27.7 Å². The molecule has 12 heavy (non-hydrogen) atoms. The Bertz CT molecular complexity index is 145. The fraction of sp³-hybridized carbons (Fsp3) is 1.00. The maximum atomic E-state index is 2.40. The van der Waals surface area contributed by atoms with E-state index in [1.54, 1.807) is 9.80 Å². The Morgan fingerprint density at radius 1 is 1.25 bits per heavy atom. The molecular weight excluding hydrogens is 148 g/mol. The fourth-order valence-electron chi connectivity index (χ4n) is 2.47. The zero-order valence-electron chi connectivity index (χ0n) is 9.15. The quantitative estimate of drug-likeness (QED) is 0.473. The van der Waals surface area contributed by atoms with Gasteiger partial charge in [-0.3, -0.25) is 0 Å². The summed E-state index contributed by atoms with van der Waals surface area (Å²) < 4.78 is 0. The van der Waals surface area contributed by atoms with Crippen molar-refractivity contribution in [3.63, 3.8) is 0 Å². The Morgan fingerprint density at radius 2 is 1.83 bits per heavy atom. The summed E-state index contributed by atoms with van der Waals surface area (Å²) in [6.07, 6.45) is 1.38. The van der Waals surface area contributed by atoms with Crippen molar-refractivity contribution in [2.45, 2.75) is 32.4 Å². The van der Waals surface area contributed by atoms with Gasteiger partial charge in [0.1, 0.15) is 6.04 Å². The third kappa shape index (κ3) is 1.99. The molecule has 0 spiro atoms. The van der Waals surface area contributed by atoms with Crippen molar-refractivity contribution >= 4 is 0 Å². The molecule has 0 aromatic carbocycles. The predicted octanol–water partition coefficient (Wildman–Crippen LogP) is -1.56. The van der Waals surface area contributed by atoms with E-state index in [-0.39, 0.29) is 0 Å². The number of piperidine rings is 1. The molecule has 1 aliphatic rings. The maximum Gasteiger partial charge on any atom is 0.101 e. The molecule has 1 heterocycles. The van der Waals surface area contributed by atoms with Crippen molar-refractivity contribution in [1.82, 2.24) is 0 Å². The molecule has 1 aliphatic heterocycles. The number of rotatable bonds is 1. The van der Waals surface area contributed by atoms with Gasteiger partial charge < -0.3 is 9.80 Å². The predicted molar refractivity (Wildman–Crippen MR) is 51.6 cm³/mol. The number of quaternary nitrogens is 2. The van der Waals surface area contributed by atoms with Crippen molar-refractivity contribution in [2.24, 2.45) is 5.92 Å². The Labute approximate surface area is 76.5 Å². The summed E-state index contributed by atoms with van der Waals surface area (Å²) >= 11 is 0. The smallest absolute Gasteiger partial charge is 0.101 e. The first kappa shape index (κ1) is 10.0. The van der Waals surface area contributed by atoms with Crippen LogP contribution in [0.1, 0.15) is 20.3 Å². The molecular formula is C10H24N2+2. The molecule has 0 radical (unpaired) electrons. The van der Waals surface area contributed by atoms with Crippen LogP contribution in [0.3, 0.4) is 0 Å². The fourth-order valence-corrected chi connectivity index (χ4v) is 2.47. The first-order valence-corrected chi connectivity index (χ1v) is 5.14. The van der Waals surface area contributed by atoms with Crippen LogP contribution in [0.25, 0.3) is 0 Å². The average Bonchev–Trinajstić information content (AvgIpc) is 1.96. The van der Waals surface area contributed by atoms with Gasteiger partial charge in [0.05, 0.1) is 46.1 Å². The van der Waals surface area contributed by atoms with E-state index < -0.39 is 0 Å². The van der Waals surface area contributed by atoms with E-state index in [4.69, 9.17) is 0 Å². The van der Waals surface area contributed by atoms with E-state index in [2.05, 4.69) is 35.0 Å². The Kier molecular flexibility index (Phi) is 3.13. The van der Waals surface area contributed by atoms with Crippen molar-refractivity contribution < 1.29 is 9.80 Å². The highest BCUT2D eigenvalue weighted by Gasteiger charge is 2.35. The van der Waals surface area contributed by atoms with Crippen LogP contribution in [-0.4, -0.2) is 39.8 Å². The Morgan fingerprint density at radius 3 is 2.33 bits per heavy atom. The number of nitrogens with one attached hydrogen (secondary N) is 2. The zero-order chi connectivity index (χ0) is 9.30. The molecule has 2 N–H and O–H groups in total. The summed E-state index contributed by atoms with van der Waals surface area (Å²) in [6.45, 7) is 6.11. The van der Waals surface area contributed by atoms with E-state index in [1.807, 2.05) is 0 Å². The molecule has 4 atom stereocenters. The van der Waals surface area contributed by atoms with Crippen LogP contribution in [0.5, 0.6) is 0 Å². The molecule has 4 unspecified atom stereocenters. The molecule has 0 aromatic heterocycles. The molecule has 1 fully saturated rings. The van der Waals surface area contributed by atoms with Crippen LogP contribution >= 0.6 is 0 Å². The molecule has 0 amide bonds. The molecule has 1 saturated heterocycles. The molecule has 2 heteroatoms. The highest BCUT2D eigenvalue weighted by molar-refractivity contribution is 4.70. The topological polar surface area (TPSA) is 8.88 Å². The van der Waals surface area contributed by atoms with E-state index in [0.29, 0.717) is 0 Å². The first-order valence-electron chi connectivity index (χ1n) is 5.14. The second-order valence-corrected chi connectivity index (χ2v) is 4.85. The average molecular weight is 172 g/mol. The summed E-state index contributed by atoms with van der Waals surface area (Å²) in [5, 5.41) is 0. The monoisotopic (exact) mass is 172 g/mol. The van der Waals surface area contributed by atoms with Gasteiger partial charge in [-0.05, 0) is 6.92 Å². The second kappa shape index (κ2) is 3.75. The van der Waals surface area contributed by atoms with Gasteiger partial charge in [-0.2, -0.15) is 0 Å². The highest BCUT2D eigenvalue weighted by Crippen LogP contribution is 2.07. The lowest BCUT2D eigenvalue weighted by atomic mass is 9.89. The van der Waals surface area contributed by atoms with Gasteiger partial charge in [-0.15, -0.1) is 0 Å². The first-order chi connectivity index (χ1) is 5.52. The second-order valence-electron chi connectivity index (χ2n) is 4.85. The normalized spacial score (nSPS) is 43.5. The van der Waals surface area contributed by atoms with Crippen LogP contribution in [0.2, 0.25) is 0 Å². The summed E-state index contributed by atoms with van der Waals surface area (Å²) in [6, 6.07) is 1.73. The molecule has 0 bridgehead atoms. The lowest BCUT2D eigenvalue weighted by Crippen LogP contribution is -3.20. The third-order valence-electron chi connectivity index (χ3n) is 3.52. The van der Waals surface area contributed by atoms with Gasteiger partial charge in [-0.1, -0.05) is 6.92 Å². The molecule has 1 rings (SSSR count). The summed E-state index contributed by atoms with van der Waals surface area (Å²) in [5.41, 5.74) is 0. The van der Waals surface area contributed by atoms with Gasteiger partial charge in [-0.25, -0.2) is 0 Å². The number of hydrogen-bond acceptors (Lipinski definition) is 0. The molecule has 0 saturated carbocycles. The van der Waals surface area contributed by atoms with Crippen LogP contribution in [0.4, 0.5) is 0 Å². The largest absolute Gasteiger partial charge is 0.337 e. The van der Waals surface area contributed by atoms with Crippen molar-refractivity contribution in [3.05, 3.63) is 0 Å².